The Labute approximate surface area is 92.7 Å². The van der Waals surface area contributed by atoms with Crippen molar-refractivity contribution >= 4 is 16.8 Å². The number of carbonyl (C=O) groups excluding carboxylic acids is 1. The largest absolute Gasteiger partial charge is 0.358 e. The maximum Gasteiger partial charge on any atom is 0.253 e. The lowest BCUT2D eigenvalue weighted by Gasteiger charge is -2.00. The standard InChI is InChI=1S/C12H13FN2O/c1-6-4-8(13)5-9-10(12(16)14-3)7(2)15-11(6)9/h4-5,15H,1-3H3,(H,14,16). The Morgan fingerprint density at radius 3 is 2.69 bits per heavy atom. The zero-order valence-corrected chi connectivity index (χ0v) is 9.44. The van der Waals surface area contributed by atoms with Crippen LogP contribution in [0.4, 0.5) is 4.39 Å². The number of aromatic amines is 1. The number of aromatic nitrogens is 1. The highest BCUT2D eigenvalue weighted by atomic mass is 19.1. The molecule has 0 aliphatic rings. The van der Waals surface area contributed by atoms with E-state index in [1.807, 2.05) is 13.8 Å². The van der Waals surface area contributed by atoms with Crippen molar-refractivity contribution in [3.8, 4) is 0 Å². The van der Waals surface area contributed by atoms with Gasteiger partial charge in [-0.1, -0.05) is 0 Å². The van der Waals surface area contributed by atoms with E-state index >= 15 is 0 Å². The average molecular weight is 220 g/mol. The van der Waals surface area contributed by atoms with Crippen molar-refractivity contribution in [1.29, 1.82) is 0 Å². The Balaban J connectivity index is 2.83. The second-order valence-electron chi connectivity index (χ2n) is 3.85. The van der Waals surface area contributed by atoms with Gasteiger partial charge in [0.2, 0.25) is 0 Å². The van der Waals surface area contributed by atoms with Gasteiger partial charge in [-0.2, -0.15) is 0 Å². The molecule has 0 aliphatic carbocycles. The molecular weight excluding hydrogens is 207 g/mol. The van der Waals surface area contributed by atoms with Crippen LogP contribution in [0.1, 0.15) is 21.6 Å². The number of fused-ring (bicyclic) bond motifs is 1. The number of benzene rings is 1. The number of rotatable bonds is 1. The lowest BCUT2D eigenvalue weighted by Crippen LogP contribution is -2.18. The van der Waals surface area contributed by atoms with Gasteiger partial charge in [-0.3, -0.25) is 4.79 Å². The monoisotopic (exact) mass is 220 g/mol. The van der Waals surface area contributed by atoms with Gasteiger partial charge in [-0.15, -0.1) is 0 Å². The summed E-state index contributed by atoms with van der Waals surface area (Å²) in [7, 11) is 1.56. The van der Waals surface area contributed by atoms with Gasteiger partial charge in [0.25, 0.3) is 5.91 Å². The molecule has 2 aromatic rings. The van der Waals surface area contributed by atoms with E-state index in [1.165, 1.54) is 12.1 Å². The first-order chi connectivity index (χ1) is 7.54. The van der Waals surface area contributed by atoms with E-state index in [9.17, 15) is 9.18 Å². The fraction of sp³-hybridized carbons (Fsp3) is 0.250. The molecule has 1 aromatic carbocycles. The van der Waals surface area contributed by atoms with Crippen LogP contribution in [-0.2, 0) is 0 Å². The molecule has 0 aliphatic heterocycles. The van der Waals surface area contributed by atoms with Crippen LogP contribution in [0.2, 0.25) is 0 Å². The van der Waals surface area contributed by atoms with Gasteiger partial charge in [0.15, 0.2) is 0 Å². The SMILES string of the molecule is CNC(=O)c1c(C)[nH]c2c(C)cc(F)cc12. The number of hydrogen-bond acceptors (Lipinski definition) is 1. The van der Waals surface area contributed by atoms with Crippen molar-refractivity contribution in [2.24, 2.45) is 0 Å². The van der Waals surface area contributed by atoms with Crippen LogP contribution in [0, 0.1) is 19.7 Å². The maximum atomic E-state index is 13.3. The molecule has 0 saturated carbocycles. The zero-order chi connectivity index (χ0) is 11.9. The Kier molecular flexibility index (Phi) is 2.42. The van der Waals surface area contributed by atoms with Gasteiger partial charge in [0.05, 0.1) is 5.56 Å². The van der Waals surface area contributed by atoms with E-state index in [2.05, 4.69) is 10.3 Å². The highest BCUT2D eigenvalue weighted by molar-refractivity contribution is 6.08. The van der Waals surface area contributed by atoms with Gasteiger partial charge in [-0.05, 0) is 31.5 Å². The third kappa shape index (κ3) is 1.46. The van der Waals surface area contributed by atoms with Gasteiger partial charge in [0, 0.05) is 23.6 Å². The van der Waals surface area contributed by atoms with Crippen LogP contribution >= 0.6 is 0 Å². The molecule has 1 aromatic heterocycles. The summed E-state index contributed by atoms with van der Waals surface area (Å²) in [4.78, 5) is 14.8. The first kappa shape index (κ1) is 10.7. The number of H-pyrrole nitrogens is 1. The summed E-state index contributed by atoms with van der Waals surface area (Å²) in [5, 5.41) is 3.19. The van der Waals surface area contributed by atoms with E-state index < -0.39 is 0 Å². The third-order valence-corrected chi connectivity index (χ3v) is 2.71. The highest BCUT2D eigenvalue weighted by Gasteiger charge is 2.16. The number of aryl methyl sites for hydroxylation is 2. The van der Waals surface area contributed by atoms with Crippen LogP contribution in [0.3, 0.4) is 0 Å². The third-order valence-electron chi connectivity index (χ3n) is 2.71. The Morgan fingerprint density at radius 2 is 2.06 bits per heavy atom. The van der Waals surface area contributed by atoms with Crippen molar-refractivity contribution in [2.75, 3.05) is 7.05 Å². The van der Waals surface area contributed by atoms with Crippen LogP contribution in [-0.4, -0.2) is 17.9 Å². The summed E-state index contributed by atoms with van der Waals surface area (Å²) in [6, 6.07) is 2.84. The summed E-state index contributed by atoms with van der Waals surface area (Å²) >= 11 is 0. The number of halogens is 1. The zero-order valence-electron chi connectivity index (χ0n) is 9.44. The van der Waals surface area contributed by atoms with E-state index in [0.717, 1.165) is 16.8 Å². The summed E-state index contributed by atoms with van der Waals surface area (Å²) in [6.07, 6.45) is 0. The lowest BCUT2D eigenvalue weighted by molar-refractivity contribution is 0.0964. The van der Waals surface area contributed by atoms with Crippen molar-refractivity contribution in [1.82, 2.24) is 10.3 Å². The molecule has 0 saturated heterocycles. The predicted octanol–water partition coefficient (Wildman–Crippen LogP) is 2.28. The maximum absolute atomic E-state index is 13.3. The summed E-state index contributed by atoms with van der Waals surface area (Å²) < 4.78 is 13.3. The van der Waals surface area contributed by atoms with Crippen molar-refractivity contribution in [3.63, 3.8) is 0 Å². The van der Waals surface area contributed by atoms with E-state index in [4.69, 9.17) is 0 Å². The molecule has 1 amide bonds. The molecule has 16 heavy (non-hydrogen) atoms. The molecule has 1 heterocycles. The molecule has 0 radical (unpaired) electrons. The molecule has 4 heteroatoms. The molecule has 0 unspecified atom stereocenters. The van der Waals surface area contributed by atoms with Gasteiger partial charge in [0.1, 0.15) is 5.82 Å². The summed E-state index contributed by atoms with van der Waals surface area (Å²) in [6.45, 7) is 3.62. The molecule has 0 fully saturated rings. The minimum absolute atomic E-state index is 0.200. The smallest absolute Gasteiger partial charge is 0.253 e. The molecule has 2 rings (SSSR count). The van der Waals surface area contributed by atoms with Gasteiger partial charge in [-0.25, -0.2) is 4.39 Å². The number of nitrogens with one attached hydrogen (secondary N) is 2. The van der Waals surface area contributed by atoms with Crippen molar-refractivity contribution < 1.29 is 9.18 Å². The van der Waals surface area contributed by atoms with E-state index in [-0.39, 0.29) is 11.7 Å². The minimum Gasteiger partial charge on any atom is -0.358 e. The topological polar surface area (TPSA) is 44.9 Å². The Bertz CT molecular complexity index is 572. The fourth-order valence-electron chi connectivity index (χ4n) is 1.98. The summed E-state index contributed by atoms with van der Waals surface area (Å²) in [5.41, 5.74) is 2.88. The van der Waals surface area contributed by atoms with Crippen molar-refractivity contribution in [2.45, 2.75) is 13.8 Å². The Morgan fingerprint density at radius 1 is 1.38 bits per heavy atom. The quantitative estimate of drug-likeness (QED) is 0.760. The lowest BCUT2D eigenvalue weighted by atomic mass is 10.1. The normalized spacial score (nSPS) is 10.8. The molecule has 2 N–H and O–H groups in total. The first-order valence-corrected chi connectivity index (χ1v) is 5.05. The van der Waals surface area contributed by atoms with E-state index in [1.54, 1.807) is 7.05 Å². The molecular formula is C12H13FN2O. The highest BCUT2D eigenvalue weighted by Crippen LogP contribution is 2.25. The number of hydrogen-bond donors (Lipinski definition) is 2. The number of carbonyl (C=O) groups is 1. The first-order valence-electron chi connectivity index (χ1n) is 5.05. The van der Waals surface area contributed by atoms with Gasteiger partial charge < -0.3 is 10.3 Å². The minimum atomic E-state index is -0.325. The second-order valence-corrected chi connectivity index (χ2v) is 3.85. The van der Waals surface area contributed by atoms with Crippen molar-refractivity contribution in [3.05, 3.63) is 34.8 Å². The molecule has 0 bridgehead atoms. The average Bonchev–Trinajstić information content (AvgIpc) is 2.54. The Hall–Kier alpha value is -1.84. The van der Waals surface area contributed by atoms with Crippen LogP contribution < -0.4 is 5.32 Å². The molecule has 3 nitrogen and oxygen atoms in total. The van der Waals surface area contributed by atoms with Crippen LogP contribution in [0.15, 0.2) is 12.1 Å². The second kappa shape index (κ2) is 3.63. The van der Waals surface area contributed by atoms with Crippen LogP contribution in [0.25, 0.3) is 10.9 Å². The molecule has 84 valence electrons. The van der Waals surface area contributed by atoms with Gasteiger partial charge >= 0.3 is 0 Å². The molecule has 0 atom stereocenters. The number of amides is 1. The van der Waals surface area contributed by atoms with E-state index in [0.29, 0.717) is 10.9 Å². The molecule has 0 spiro atoms. The van der Waals surface area contributed by atoms with Crippen LogP contribution in [0.5, 0.6) is 0 Å². The summed E-state index contributed by atoms with van der Waals surface area (Å²) in [5.74, 6) is -0.525. The predicted molar refractivity (Wildman–Crippen MR) is 61.1 cm³/mol. The fourth-order valence-corrected chi connectivity index (χ4v) is 1.98.